The Kier molecular flexibility index (Phi) is 6.21. The van der Waals surface area contributed by atoms with E-state index in [2.05, 4.69) is 5.32 Å². The first kappa shape index (κ1) is 21.6. The van der Waals surface area contributed by atoms with Crippen molar-refractivity contribution >= 4 is 11.6 Å². The predicted molar refractivity (Wildman–Crippen MR) is 126 cm³/mol. The number of fused-ring (bicyclic) bond motifs is 1. The van der Waals surface area contributed by atoms with Crippen LogP contribution in [-0.2, 0) is 11.2 Å². The number of para-hydroxylation sites is 1. The fraction of sp³-hybridized carbons (Fsp3) is 0.269. The predicted octanol–water partition coefficient (Wildman–Crippen LogP) is 4.83. The summed E-state index contributed by atoms with van der Waals surface area (Å²) in [5.41, 5.74) is 6.58. The van der Waals surface area contributed by atoms with Gasteiger partial charge in [0.2, 0.25) is 5.91 Å². The fourth-order valence-corrected chi connectivity index (χ4v) is 4.05. The van der Waals surface area contributed by atoms with Crippen LogP contribution in [0.2, 0.25) is 0 Å². The first-order valence-corrected chi connectivity index (χ1v) is 10.8. The lowest BCUT2D eigenvalue weighted by Crippen LogP contribution is -2.27. The maximum absolute atomic E-state index is 12.6. The maximum Gasteiger partial charge on any atom is 0.220 e. The molecule has 6 nitrogen and oxygen atoms in total. The summed E-state index contributed by atoms with van der Waals surface area (Å²) >= 11 is 0. The number of carbonyl (C=O) groups excluding carboxylic acids is 1. The molecule has 0 saturated heterocycles. The molecular weight excluding hydrogens is 400 g/mol. The number of hydrogen-bond acceptors (Lipinski definition) is 4. The summed E-state index contributed by atoms with van der Waals surface area (Å²) in [5.74, 6) is 0.796. The van der Waals surface area contributed by atoms with E-state index in [1.165, 1.54) is 0 Å². The number of nitrogens with zero attached hydrogens (tertiary/aromatic N) is 3. The molecule has 0 aliphatic heterocycles. The minimum atomic E-state index is -0.0268. The lowest BCUT2D eigenvalue weighted by Gasteiger charge is -2.15. The highest BCUT2D eigenvalue weighted by molar-refractivity contribution is 5.77. The molecule has 1 amide bonds. The van der Waals surface area contributed by atoms with Crippen LogP contribution < -0.4 is 10.1 Å². The molecule has 0 aliphatic rings. The van der Waals surface area contributed by atoms with Gasteiger partial charge in [0.25, 0.3) is 0 Å². The van der Waals surface area contributed by atoms with E-state index in [1.807, 2.05) is 86.0 Å². The van der Waals surface area contributed by atoms with Crippen LogP contribution in [0.15, 0.2) is 60.7 Å². The Bertz CT molecular complexity index is 1250. The van der Waals surface area contributed by atoms with Gasteiger partial charge in [-0.2, -0.15) is 5.10 Å². The van der Waals surface area contributed by atoms with Gasteiger partial charge < -0.3 is 10.1 Å². The summed E-state index contributed by atoms with van der Waals surface area (Å²) in [4.78, 5) is 17.3. The van der Waals surface area contributed by atoms with Gasteiger partial charge in [0.15, 0.2) is 5.65 Å². The number of methoxy groups -OCH3 is 1. The molecule has 164 valence electrons. The van der Waals surface area contributed by atoms with Crippen molar-refractivity contribution in [3.63, 3.8) is 0 Å². The highest BCUT2D eigenvalue weighted by atomic mass is 16.5. The summed E-state index contributed by atoms with van der Waals surface area (Å²) in [5, 5.41) is 7.87. The zero-order valence-corrected chi connectivity index (χ0v) is 18.9. The van der Waals surface area contributed by atoms with Gasteiger partial charge in [-0.05, 0) is 50.5 Å². The Hall–Kier alpha value is -3.67. The van der Waals surface area contributed by atoms with E-state index in [9.17, 15) is 4.79 Å². The van der Waals surface area contributed by atoms with Crippen molar-refractivity contribution < 1.29 is 9.53 Å². The second-order valence-electron chi connectivity index (χ2n) is 7.96. The maximum atomic E-state index is 12.6. The number of amides is 1. The van der Waals surface area contributed by atoms with Crippen LogP contribution in [-0.4, -0.2) is 27.6 Å². The van der Waals surface area contributed by atoms with Crippen molar-refractivity contribution in [3.05, 3.63) is 83.2 Å². The third kappa shape index (κ3) is 4.35. The molecule has 0 saturated carbocycles. The molecule has 6 heteroatoms. The molecule has 4 rings (SSSR count). The Morgan fingerprint density at radius 3 is 2.56 bits per heavy atom. The molecule has 0 unspecified atom stereocenters. The highest BCUT2D eigenvalue weighted by Gasteiger charge is 2.16. The van der Waals surface area contributed by atoms with Crippen molar-refractivity contribution in [2.75, 3.05) is 7.11 Å². The Labute approximate surface area is 188 Å². The minimum absolute atomic E-state index is 0.0235. The number of aromatic nitrogens is 3. The van der Waals surface area contributed by atoms with Crippen LogP contribution in [0.3, 0.4) is 0 Å². The normalized spacial score (nSPS) is 12.0. The van der Waals surface area contributed by atoms with Crippen molar-refractivity contribution in [2.24, 2.45) is 0 Å². The zero-order chi connectivity index (χ0) is 22.7. The molecule has 4 aromatic rings. The third-order valence-electron chi connectivity index (χ3n) is 5.83. The first-order chi connectivity index (χ1) is 15.5. The van der Waals surface area contributed by atoms with Gasteiger partial charge in [0.05, 0.1) is 18.8 Å². The van der Waals surface area contributed by atoms with E-state index < -0.39 is 0 Å². The second kappa shape index (κ2) is 9.22. The number of hydrogen-bond donors (Lipinski definition) is 1. The quantitative estimate of drug-likeness (QED) is 0.458. The SMILES string of the molecule is COc1ccccc1-c1cc2nc(C)c(CCC(=O)N[C@@H](C)c3ccccc3)c(C)n2n1. The number of nitrogens with one attached hydrogen (secondary N) is 1. The van der Waals surface area contributed by atoms with Gasteiger partial charge >= 0.3 is 0 Å². The van der Waals surface area contributed by atoms with Gasteiger partial charge in [0, 0.05) is 29.4 Å². The number of aryl methyl sites for hydroxylation is 2. The highest BCUT2D eigenvalue weighted by Crippen LogP contribution is 2.30. The Balaban J connectivity index is 1.54. The molecule has 0 aliphatic carbocycles. The standard InChI is InChI=1S/C26H28N4O2/c1-17(20-10-6-5-7-11-20)28-26(31)15-14-21-18(2)27-25-16-23(29-30(25)19(21)3)22-12-8-9-13-24(22)32-4/h5-13,16-17H,14-15H2,1-4H3,(H,28,31)/t17-/m0/s1. The molecule has 2 heterocycles. The molecule has 32 heavy (non-hydrogen) atoms. The van der Waals surface area contributed by atoms with Gasteiger partial charge in [-0.25, -0.2) is 9.50 Å². The van der Waals surface area contributed by atoms with Crippen LogP contribution >= 0.6 is 0 Å². The fourth-order valence-electron chi connectivity index (χ4n) is 4.05. The summed E-state index contributed by atoms with van der Waals surface area (Å²) < 4.78 is 7.34. The molecular formula is C26H28N4O2. The van der Waals surface area contributed by atoms with E-state index in [1.54, 1.807) is 7.11 Å². The van der Waals surface area contributed by atoms with Gasteiger partial charge in [-0.15, -0.1) is 0 Å². The average molecular weight is 429 g/mol. The summed E-state index contributed by atoms with van der Waals surface area (Å²) in [6.07, 6.45) is 1.00. The van der Waals surface area contributed by atoms with Crippen LogP contribution in [0.4, 0.5) is 0 Å². The second-order valence-corrected chi connectivity index (χ2v) is 7.96. The van der Waals surface area contributed by atoms with Gasteiger partial charge in [-0.3, -0.25) is 4.79 Å². The van der Waals surface area contributed by atoms with E-state index >= 15 is 0 Å². The molecule has 2 aromatic heterocycles. The van der Waals surface area contributed by atoms with Crippen LogP contribution in [0.5, 0.6) is 5.75 Å². The Morgan fingerprint density at radius 2 is 1.81 bits per heavy atom. The van der Waals surface area contributed by atoms with E-state index in [0.717, 1.165) is 45.2 Å². The number of ether oxygens (including phenoxy) is 1. The largest absolute Gasteiger partial charge is 0.496 e. The summed E-state index contributed by atoms with van der Waals surface area (Å²) in [6, 6.07) is 19.7. The monoisotopic (exact) mass is 428 g/mol. The lowest BCUT2D eigenvalue weighted by atomic mass is 10.1. The van der Waals surface area contributed by atoms with Crippen molar-refractivity contribution in [2.45, 2.75) is 39.7 Å². The topological polar surface area (TPSA) is 68.5 Å². The molecule has 0 bridgehead atoms. The molecule has 2 aromatic carbocycles. The number of carbonyl (C=O) groups is 1. The molecule has 0 fully saturated rings. The van der Waals surface area contributed by atoms with Crippen molar-refractivity contribution in [1.82, 2.24) is 19.9 Å². The molecule has 0 radical (unpaired) electrons. The minimum Gasteiger partial charge on any atom is -0.496 e. The van der Waals surface area contributed by atoms with Gasteiger partial charge in [0.1, 0.15) is 5.75 Å². The number of benzene rings is 2. The lowest BCUT2D eigenvalue weighted by molar-refractivity contribution is -0.121. The van der Waals surface area contributed by atoms with E-state index in [0.29, 0.717) is 12.8 Å². The van der Waals surface area contributed by atoms with E-state index in [-0.39, 0.29) is 11.9 Å². The van der Waals surface area contributed by atoms with Crippen LogP contribution in [0.1, 0.15) is 41.9 Å². The zero-order valence-electron chi connectivity index (χ0n) is 18.9. The van der Waals surface area contributed by atoms with Crippen molar-refractivity contribution in [1.29, 1.82) is 0 Å². The molecule has 1 atom stereocenters. The average Bonchev–Trinajstić information content (AvgIpc) is 3.23. The third-order valence-corrected chi connectivity index (χ3v) is 5.83. The summed E-state index contributed by atoms with van der Waals surface area (Å²) in [7, 11) is 1.66. The number of rotatable bonds is 7. The summed E-state index contributed by atoms with van der Waals surface area (Å²) in [6.45, 7) is 6.02. The van der Waals surface area contributed by atoms with Crippen LogP contribution in [0, 0.1) is 13.8 Å². The smallest absolute Gasteiger partial charge is 0.220 e. The van der Waals surface area contributed by atoms with E-state index in [4.69, 9.17) is 14.8 Å². The van der Waals surface area contributed by atoms with Crippen molar-refractivity contribution in [3.8, 4) is 17.0 Å². The van der Waals surface area contributed by atoms with Gasteiger partial charge in [-0.1, -0.05) is 42.5 Å². The Morgan fingerprint density at radius 1 is 1.09 bits per heavy atom. The molecule has 1 N–H and O–H groups in total. The van der Waals surface area contributed by atoms with Crippen LogP contribution in [0.25, 0.3) is 16.9 Å². The molecule has 0 spiro atoms. The first-order valence-electron chi connectivity index (χ1n) is 10.8.